The van der Waals surface area contributed by atoms with Gasteiger partial charge in [0.05, 0.1) is 17.7 Å². The Balaban J connectivity index is 2.27. The van der Waals surface area contributed by atoms with E-state index in [1.807, 2.05) is 0 Å². The highest BCUT2D eigenvalue weighted by Crippen LogP contribution is 2.18. The van der Waals surface area contributed by atoms with Gasteiger partial charge in [0, 0.05) is 13.1 Å². The molecule has 2 rings (SSSR count). The van der Waals surface area contributed by atoms with E-state index in [0.717, 1.165) is 0 Å². The second-order valence-electron chi connectivity index (χ2n) is 3.71. The minimum Gasteiger partial charge on any atom is -0.478 e. The van der Waals surface area contributed by atoms with Crippen molar-refractivity contribution in [1.29, 1.82) is 0 Å². The highest BCUT2D eigenvalue weighted by molar-refractivity contribution is 7.91. The van der Waals surface area contributed by atoms with Gasteiger partial charge in [0.1, 0.15) is 5.56 Å². The lowest BCUT2D eigenvalue weighted by molar-refractivity contribution is 0.0697. The minimum atomic E-state index is -2.99. The number of aromatic carboxylic acids is 1. The van der Waals surface area contributed by atoms with Gasteiger partial charge in [-0.1, -0.05) is 0 Å². The highest BCUT2D eigenvalue weighted by atomic mass is 32.2. The van der Waals surface area contributed by atoms with Crippen molar-refractivity contribution in [2.24, 2.45) is 0 Å². The van der Waals surface area contributed by atoms with Crippen molar-refractivity contribution in [3.05, 3.63) is 17.8 Å². The second kappa shape index (κ2) is 4.28. The summed E-state index contributed by atoms with van der Waals surface area (Å²) >= 11 is 0. The maximum absolute atomic E-state index is 11.3. The average Bonchev–Trinajstić information content (AvgIpc) is 2.29. The second-order valence-corrected chi connectivity index (χ2v) is 6.02. The van der Waals surface area contributed by atoms with Gasteiger partial charge in [-0.2, -0.15) is 5.10 Å². The number of anilines is 1. The molecule has 8 heteroatoms. The summed E-state index contributed by atoms with van der Waals surface area (Å²) in [5, 5.41) is 16.4. The van der Waals surface area contributed by atoms with Crippen molar-refractivity contribution >= 4 is 21.6 Å². The van der Waals surface area contributed by atoms with Gasteiger partial charge in [-0.05, 0) is 6.07 Å². The number of hydrogen-bond donors (Lipinski definition) is 1. The van der Waals surface area contributed by atoms with Gasteiger partial charge in [-0.3, -0.25) is 0 Å². The molecular weight excluding hydrogens is 246 g/mol. The molecule has 1 fully saturated rings. The number of carboxylic acids is 1. The molecule has 1 aliphatic heterocycles. The molecule has 0 saturated carbocycles. The first-order chi connectivity index (χ1) is 7.99. The fourth-order valence-electron chi connectivity index (χ4n) is 1.65. The molecule has 0 aromatic carbocycles. The van der Waals surface area contributed by atoms with E-state index in [1.165, 1.54) is 12.3 Å². The van der Waals surface area contributed by atoms with Crippen molar-refractivity contribution < 1.29 is 18.3 Å². The summed E-state index contributed by atoms with van der Waals surface area (Å²) in [6.45, 7) is 0.503. The van der Waals surface area contributed by atoms with E-state index in [4.69, 9.17) is 5.11 Å². The van der Waals surface area contributed by atoms with Gasteiger partial charge in [0.25, 0.3) is 0 Å². The predicted octanol–water partition coefficient (Wildman–Crippen LogP) is -0.590. The quantitative estimate of drug-likeness (QED) is 0.755. The third-order valence-electron chi connectivity index (χ3n) is 2.58. The fraction of sp³-hybridized carbons (Fsp3) is 0.444. The highest BCUT2D eigenvalue weighted by Gasteiger charge is 2.25. The van der Waals surface area contributed by atoms with Crippen LogP contribution in [0, 0.1) is 0 Å². The molecule has 1 aliphatic rings. The number of carbonyl (C=O) groups is 1. The van der Waals surface area contributed by atoms with E-state index in [-0.39, 0.29) is 36.0 Å². The minimum absolute atomic E-state index is 0.0165. The van der Waals surface area contributed by atoms with Gasteiger partial charge < -0.3 is 10.0 Å². The summed E-state index contributed by atoms with van der Waals surface area (Å²) in [6.07, 6.45) is 1.30. The summed E-state index contributed by atoms with van der Waals surface area (Å²) in [6, 6.07) is 1.35. The molecule has 0 amide bonds. The molecule has 0 bridgehead atoms. The molecule has 0 radical (unpaired) electrons. The molecule has 1 aromatic rings. The molecule has 0 atom stereocenters. The zero-order valence-electron chi connectivity index (χ0n) is 8.90. The van der Waals surface area contributed by atoms with E-state index < -0.39 is 15.8 Å². The van der Waals surface area contributed by atoms with E-state index in [1.54, 1.807) is 4.90 Å². The van der Waals surface area contributed by atoms with Crippen molar-refractivity contribution in [2.45, 2.75) is 0 Å². The first kappa shape index (κ1) is 11.8. The van der Waals surface area contributed by atoms with Crippen LogP contribution >= 0.6 is 0 Å². The van der Waals surface area contributed by atoms with Gasteiger partial charge in [-0.25, -0.2) is 13.2 Å². The maximum Gasteiger partial charge on any atom is 0.339 e. The third kappa shape index (κ3) is 2.52. The SMILES string of the molecule is O=C(O)c1ccnnc1N1CCS(=O)(=O)CC1. The Morgan fingerprint density at radius 3 is 2.59 bits per heavy atom. The molecule has 17 heavy (non-hydrogen) atoms. The number of carboxylic acid groups (broad SMARTS) is 1. The van der Waals surface area contributed by atoms with Crippen molar-refractivity contribution in [3.8, 4) is 0 Å². The van der Waals surface area contributed by atoms with E-state index in [2.05, 4.69) is 10.2 Å². The molecular formula is C9H11N3O4S. The molecule has 2 heterocycles. The lowest BCUT2D eigenvalue weighted by atomic mass is 10.2. The smallest absolute Gasteiger partial charge is 0.339 e. The average molecular weight is 257 g/mol. The Kier molecular flexibility index (Phi) is 2.97. The lowest BCUT2D eigenvalue weighted by Crippen LogP contribution is -2.41. The van der Waals surface area contributed by atoms with Crippen molar-refractivity contribution in [2.75, 3.05) is 29.5 Å². The molecule has 0 aliphatic carbocycles. The van der Waals surface area contributed by atoms with E-state index in [9.17, 15) is 13.2 Å². The van der Waals surface area contributed by atoms with Crippen LogP contribution in [0.25, 0.3) is 0 Å². The molecule has 1 aromatic heterocycles. The lowest BCUT2D eigenvalue weighted by Gasteiger charge is -2.27. The topological polar surface area (TPSA) is 100 Å². The van der Waals surface area contributed by atoms with Crippen LogP contribution < -0.4 is 4.90 Å². The Labute approximate surface area is 98.0 Å². The van der Waals surface area contributed by atoms with Crippen molar-refractivity contribution in [3.63, 3.8) is 0 Å². The van der Waals surface area contributed by atoms with E-state index in [0.29, 0.717) is 0 Å². The fourth-order valence-corrected chi connectivity index (χ4v) is 2.85. The van der Waals surface area contributed by atoms with E-state index >= 15 is 0 Å². The zero-order valence-corrected chi connectivity index (χ0v) is 9.72. The van der Waals surface area contributed by atoms with Crippen molar-refractivity contribution in [1.82, 2.24) is 10.2 Å². The molecule has 0 unspecified atom stereocenters. The number of rotatable bonds is 2. The maximum atomic E-state index is 11.3. The van der Waals surface area contributed by atoms with Crippen LogP contribution in [-0.4, -0.2) is 54.3 Å². The Hall–Kier alpha value is -1.70. The normalized spacial score (nSPS) is 18.9. The van der Waals surface area contributed by atoms with Crippen LogP contribution in [0.1, 0.15) is 10.4 Å². The Morgan fingerprint density at radius 1 is 1.35 bits per heavy atom. The Morgan fingerprint density at radius 2 is 2.00 bits per heavy atom. The zero-order chi connectivity index (χ0) is 12.5. The summed E-state index contributed by atoms with van der Waals surface area (Å²) in [4.78, 5) is 12.6. The standard InChI is InChI=1S/C9H11N3O4S/c13-9(14)7-1-2-10-11-8(7)12-3-5-17(15,16)6-4-12/h1-2H,3-6H2,(H,13,14). The molecule has 1 saturated heterocycles. The number of sulfone groups is 1. The summed E-state index contributed by atoms with van der Waals surface area (Å²) in [5.41, 5.74) is 0.0410. The third-order valence-corrected chi connectivity index (χ3v) is 4.18. The molecule has 7 nitrogen and oxygen atoms in total. The Bertz CT molecular complexity index is 529. The van der Waals surface area contributed by atoms with Gasteiger partial charge in [0.2, 0.25) is 0 Å². The molecule has 1 N–H and O–H groups in total. The van der Waals surface area contributed by atoms with Crippen LogP contribution in [0.4, 0.5) is 5.82 Å². The van der Waals surface area contributed by atoms with Crippen LogP contribution in [-0.2, 0) is 9.84 Å². The molecule has 0 spiro atoms. The van der Waals surface area contributed by atoms with Gasteiger partial charge in [-0.15, -0.1) is 5.10 Å². The predicted molar refractivity (Wildman–Crippen MR) is 59.9 cm³/mol. The van der Waals surface area contributed by atoms with Crippen LogP contribution in [0.2, 0.25) is 0 Å². The number of hydrogen-bond acceptors (Lipinski definition) is 6. The van der Waals surface area contributed by atoms with Crippen LogP contribution in [0.15, 0.2) is 12.3 Å². The van der Waals surface area contributed by atoms with Gasteiger partial charge in [0.15, 0.2) is 15.7 Å². The first-order valence-electron chi connectivity index (χ1n) is 5.00. The number of nitrogens with zero attached hydrogens (tertiary/aromatic N) is 3. The molecule has 92 valence electrons. The summed E-state index contributed by atoms with van der Waals surface area (Å²) in [5.74, 6) is -0.830. The van der Waals surface area contributed by atoms with Crippen LogP contribution in [0.3, 0.4) is 0 Å². The monoisotopic (exact) mass is 257 g/mol. The summed E-state index contributed by atoms with van der Waals surface area (Å²) < 4.78 is 22.5. The number of aromatic nitrogens is 2. The summed E-state index contributed by atoms with van der Waals surface area (Å²) in [7, 11) is -2.99. The van der Waals surface area contributed by atoms with Gasteiger partial charge >= 0.3 is 5.97 Å². The first-order valence-corrected chi connectivity index (χ1v) is 6.82. The largest absolute Gasteiger partial charge is 0.478 e. The van der Waals surface area contributed by atoms with Crippen LogP contribution in [0.5, 0.6) is 0 Å².